The molecule has 5 heteroatoms. The lowest BCUT2D eigenvalue weighted by molar-refractivity contribution is -0.123. The minimum absolute atomic E-state index is 0.168. The number of rotatable bonds is 5. The summed E-state index contributed by atoms with van der Waals surface area (Å²) in [6.45, 7) is 2.32. The van der Waals surface area contributed by atoms with Crippen molar-refractivity contribution in [2.24, 2.45) is 5.73 Å². The van der Waals surface area contributed by atoms with Crippen LogP contribution < -0.4 is 11.1 Å². The Morgan fingerprint density at radius 3 is 2.73 bits per heavy atom. The first-order valence-corrected chi connectivity index (χ1v) is 7.40. The molecule has 0 fully saturated rings. The van der Waals surface area contributed by atoms with E-state index in [1.165, 1.54) is 0 Å². The van der Waals surface area contributed by atoms with Crippen LogP contribution in [0.15, 0.2) is 42.5 Å². The van der Waals surface area contributed by atoms with Crippen LogP contribution in [-0.4, -0.2) is 17.1 Å². The summed E-state index contributed by atoms with van der Waals surface area (Å²) < 4.78 is 0. The molecule has 2 aromatic rings. The van der Waals surface area contributed by atoms with E-state index < -0.39 is 12.0 Å². The first kappa shape index (κ1) is 16.5. The summed E-state index contributed by atoms with van der Waals surface area (Å²) in [7, 11) is 0. The van der Waals surface area contributed by atoms with Gasteiger partial charge in [0.25, 0.3) is 5.91 Å². The van der Waals surface area contributed by atoms with E-state index in [0.29, 0.717) is 17.3 Å². The average molecular weight is 319 g/mol. The molecule has 0 spiro atoms. The maximum absolute atomic E-state index is 12.1. The van der Waals surface area contributed by atoms with E-state index in [-0.39, 0.29) is 6.42 Å². The SMILES string of the molecule is Cc1cc(CN)cc(NC(=O)C(O)Cc2ccccc2Cl)c1. The first-order valence-electron chi connectivity index (χ1n) is 7.02. The highest BCUT2D eigenvalue weighted by Gasteiger charge is 2.17. The predicted octanol–water partition coefficient (Wildman–Crippen LogP) is 2.65. The number of carbonyl (C=O) groups excluding carboxylic acids is 1. The van der Waals surface area contributed by atoms with Crippen LogP contribution in [0.25, 0.3) is 0 Å². The summed E-state index contributed by atoms with van der Waals surface area (Å²) in [5.41, 5.74) is 8.91. The highest BCUT2D eigenvalue weighted by atomic mass is 35.5. The van der Waals surface area contributed by atoms with Crippen molar-refractivity contribution >= 4 is 23.2 Å². The van der Waals surface area contributed by atoms with E-state index in [9.17, 15) is 9.90 Å². The maximum Gasteiger partial charge on any atom is 0.253 e. The normalized spacial score (nSPS) is 12.0. The van der Waals surface area contributed by atoms with Gasteiger partial charge in [-0.05, 0) is 41.8 Å². The minimum atomic E-state index is -1.17. The van der Waals surface area contributed by atoms with Crippen LogP contribution in [-0.2, 0) is 17.8 Å². The molecular formula is C17H19ClN2O2. The van der Waals surface area contributed by atoms with Crippen molar-refractivity contribution in [2.75, 3.05) is 5.32 Å². The van der Waals surface area contributed by atoms with Gasteiger partial charge < -0.3 is 16.2 Å². The van der Waals surface area contributed by atoms with Crippen molar-refractivity contribution < 1.29 is 9.90 Å². The molecule has 0 heterocycles. The molecule has 0 bridgehead atoms. The highest BCUT2D eigenvalue weighted by molar-refractivity contribution is 6.31. The maximum atomic E-state index is 12.1. The number of benzene rings is 2. The van der Waals surface area contributed by atoms with Gasteiger partial charge in [-0.2, -0.15) is 0 Å². The van der Waals surface area contributed by atoms with E-state index in [0.717, 1.165) is 16.7 Å². The minimum Gasteiger partial charge on any atom is -0.383 e. The summed E-state index contributed by atoms with van der Waals surface area (Å²) in [6, 6.07) is 12.7. The van der Waals surface area contributed by atoms with Gasteiger partial charge in [-0.1, -0.05) is 35.9 Å². The number of nitrogens with two attached hydrogens (primary N) is 1. The Morgan fingerprint density at radius 1 is 1.32 bits per heavy atom. The van der Waals surface area contributed by atoms with Gasteiger partial charge in [0, 0.05) is 23.7 Å². The molecule has 0 aliphatic carbocycles. The lowest BCUT2D eigenvalue weighted by Gasteiger charge is -2.13. The molecule has 2 rings (SSSR count). The molecule has 4 nitrogen and oxygen atoms in total. The molecule has 0 saturated heterocycles. The summed E-state index contributed by atoms with van der Waals surface area (Å²) in [5, 5.41) is 13.3. The summed E-state index contributed by atoms with van der Waals surface area (Å²) in [5.74, 6) is -0.464. The van der Waals surface area contributed by atoms with Gasteiger partial charge in [0.2, 0.25) is 0 Å². The topological polar surface area (TPSA) is 75.3 Å². The Balaban J connectivity index is 2.05. The van der Waals surface area contributed by atoms with Crippen LogP contribution in [0.1, 0.15) is 16.7 Å². The zero-order chi connectivity index (χ0) is 16.1. The Labute approximate surface area is 134 Å². The van der Waals surface area contributed by atoms with E-state index in [2.05, 4.69) is 5.32 Å². The summed E-state index contributed by atoms with van der Waals surface area (Å²) in [6.07, 6.45) is -0.997. The van der Waals surface area contributed by atoms with Gasteiger partial charge >= 0.3 is 0 Å². The number of hydrogen-bond donors (Lipinski definition) is 3. The molecule has 1 amide bonds. The molecule has 1 atom stereocenters. The van der Waals surface area contributed by atoms with Crippen LogP contribution >= 0.6 is 11.6 Å². The molecule has 0 aliphatic heterocycles. The Bertz CT molecular complexity index is 673. The third-order valence-electron chi connectivity index (χ3n) is 3.31. The zero-order valence-corrected chi connectivity index (χ0v) is 13.1. The Morgan fingerprint density at radius 2 is 2.05 bits per heavy atom. The fourth-order valence-corrected chi connectivity index (χ4v) is 2.46. The number of hydrogen-bond acceptors (Lipinski definition) is 3. The van der Waals surface area contributed by atoms with Crippen molar-refractivity contribution in [3.8, 4) is 0 Å². The summed E-state index contributed by atoms with van der Waals surface area (Å²) >= 11 is 6.04. The van der Waals surface area contributed by atoms with E-state index in [1.54, 1.807) is 24.3 Å². The van der Waals surface area contributed by atoms with Crippen LogP contribution in [0.4, 0.5) is 5.69 Å². The number of anilines is 1. The largest absolute Gasteiger partial charge is 0.383 e. The molecule has 0 saturated carbocycles. The van der Waals surface area contributed by atoms with Crippen LogP contribution in [0.5, 0.6) is 0 Å². The predicted molar refractivity (Wildman–Crippen MR) is 88.9 cm³/mol. The molecule has 116 valence electrons. The number of halogens is 1. The molecule has 0 aromatic heterocycles. The van der Waals surface area contributed by atoms with Gasteiger partial charge in [-0.25, -0.2) is 0 Å². The molecule has 0 radical (unpaired) electrons. The average Bonchev–Trinajstić information content (AvgIpc) is 2.48. The number of aliphatic hydroxyl groups is 1. The third-order valence-corrected chi connectivity index (χ3v) is 3.68. The molecule has 2 aromatic carbocycles. The fraction of sp³-hybridized carbons (Fsp3) is 0.235. The van der Waals surface area contributed by atoms with Crippen LogP contribution in [0, 0.1) is 6.92 Å². The quantitative estimate of drug-likeness (QED) is 0.793. The fourth-order valence-electron chi connectivity index (χ4n) is 2.24. The number of carbonyl (C=O) groups is 1. The molecule has 1 unspecified atom stereocenters. The van der Waals surface area contributed by atoms with Crippen molar-refractivity contribution in [2.45, 2.75) is 26.0 Å². The lowest BCUT2D eigenvalue weighted by Crippen LogP contribution is -2.29. The van der Waals surface area contributed by atoms with Crippen LogP contribution in [0.2, 0.25) is 5.02 Å². The number of aryl methyl sites for hydroxylation is 1. The lowest BCUT2D eigenvalue weighted by atomic mass is 10.1. The zero-order valence-electron chi connectivity index (χ0n) is 12.3. The molecule has 0 aliphatic rings. The number of aliphatic hydroxyl groups excluding tert-OH is 1. The Hall–Kier alpha value is -1.88. The van der Waals surface area contributed by atoms with Crippen LogP contribution in [0.3, 0.4) is 0 Å². The van der Waals surface area contributed by atoms with Crippen molar-refractivity contribution in [1.82, 2.24) is 0 Å². The molecule has 22 heavy (non-hydrogen) atoms. The second-order valence-corrected chi connectivity index (χ2v) is 5.62. The van der Waals surface area contributed by atoms with Crippen molar-refractivity contribution in [1.29, 1.82) is 0 Å². The summed E-state index contributed by atoms with van der Waals surface area (Å²) in [4.78, 5) is 12.1. The van der Waals surface area contributed by atoms with Gasteiger partial charge in [0.15, 0.2) is 0 Å². The highest BCUT2D eigenvalue weighted by Crippen LogP contribution is 2.18. The standard InChI is InChI=1S/C17H19ClN2O2/c1-11-6-12(10-19)8-14(7-11)20-17(22)16(21)9-13-4-2-3-5-15(13)18/h2-8,16,21H,9-10,19H2,1H3,(H,20,22). The van der Waals surface area contributed by atoms with Crippen molar-refractivity contribution in [3.05, 3.63) is 64.2 Å². The van der Waals surface area contributed by atoms with E-state index in [4.69, 9.17) is 17.3 Å². The molecule has 4 N–H and O–H groups in total. The van der Waals surface area contributed by atoms with Crippen molar-refractivity contribution in [3.63, 3.8) is 0 Å². The molecular weight excluding hydrogens is 300 g/mol. The first-order chi connectivity index (χ1) is 10.5. The smallest absolute Gasteiger partial charge is 0.253 e. The number of nitrogens with one attached hydrogen (secondary N) is 1. The van der Waals surface area contributed by atoms with Gasteiger partial charge in [0.1, 0.15) is 6.10 Å². The third kappa shape index (κ3) is 4.31. The van der Waals surface area contributed by atoms with Gasteiger partial charge in [-0.15, -0.1) is 0 Å². The second-order valence-electron chi connectivity index (χ2n) is 5.21. The second kappa shape index (κ2) is 7.40. The number of amides is 1. The Kier molecular flexibility index (Phi) is 5.55. The monoisotopic (exact) mass is 318 g/mol. The van der Waals surface area contributed by atoms with Gasteiger partial charge in [-0.3, -0.25) is 4.79 Å². The van der Waals surface area contributed by atoms with E-state index >= 15 is 0 Å². The van der Waals surface area contributed by atoms with Gasteiger partial charge in [0.05, 0.1) is 0 Å². The van der Waals surface area contributed by atoms with E-state index in [1.807, 2.05) is 25.1 Å².